The summed E-state index contributed by atoms with van der Waals surface area (Å²) in [5.41, 5.74) is 2.96. The van der Waals surface area contributed by atoms with Crippen molar-refractivity contribution in [3.8, 4) is 23.0 Å². The van der Waals surface area contributed by atoms with E-state index in [4.69, 9.17) is 18.9 Å². The number of piperidine rings is 1. The van der Waals surface area contributed by atoms with Crippen molar-refractivity contribution >= 4 is 17.5 Å². The molecule has 1 fully saturated rings. The lowest BCUT2D eigenvalue weighted by Gasteiger charge is -2.35. The van der Waals surface area contributed by atoms with Gasteiger partial charge in [0.2, 0.25) is 0 Å². The average molecular weight is 548 g/mol. The van der Waals surface area contributed by atoms with Gasteiger partial charge in [0.25, 0.3) is 11.8 Å². The Kier molecular flexibility index (Phi) is 9.72. The number of nitrogens with zero attached hydrogens (tertiary/aromatic N) is 1. The number of anilines is 1. The van der Waals surface area contributed by atoms with Crippen LogP contribution in [-0.4, -0.2) is 65.9 Å². The minimum atomic E-state index is -0.220. The summed E-state index contributed by atoms with van der Waals surface area (Å²) in [6.45, 7) is 1.91. The van der Waals surface area contributed by atoms with Gasteiger partial charge in [-0.05, 0) is 61.2 Å². The van der Waals surface area contributed by atoms with E-state index in [1.165, 1.54) is 14.2 Å². The van der Waals surface area contributed by atoms with E-state index >= 15 is 0 Å². The third-order valence-corrected chi connectivity index (χ3v) is 7.12. The van der Waals surface area contributed by atoms with Gasteiger partial charge < -0.3 is 34.5 Å². The van der Waals surface area contributed by atoms with Crippen LogP contribution in [0, 0.1) is 0 Å². The third kappa shape index (κ3) is 6.59. The van der Waals surface area contributed by atoms with Crippen LogP contribution in [0.1, 0.15) is 39.1 Å². The van der Waals surface area contributed by atoms with E-state index in [-0.39, 0.29) is 17.9 Å². The number of ether oxygens (including phenoxy) is 4. The van der Waals surface area contributed by atoms with Crippen molar-refractivity contribution in [1.82, 2.24) is 10.6 Å². The lowest BCUT2D eigenvalue weighted by atomic mass is 10.0. The van der Waals surface area contributed by atoms with E-state index in [9.17, 15) is 9.59 Å². The van der Waals surface area contributed by atoms with Crippen LogP contribution in [0.25, 0.3) is 0 Å². The number of benzene rings is 3. The highest BCUT2D eigenvalue weighted by Crippen LogP contribution is 2.30. The van der Waals surface area contributed by atoms with E-state index in [1.807, 2.05) is 42.5 Å². The van der Waals surface area contributed by atoms with Crippen LogP contribution < -0.4 is 34.5 Å². The van der Waals surface area contributed by atoms with Gasteiger partial charge in [-0.3, -0.25) is 9.59 Å². The monoisotopic (exact) mass is 547 g/mol. The molecule has 0 spiro atoms. The van der Waals surface area contributed by atoms with Crippen molar-refractivity contribution in [2.45, 2.75) is 25.3 Å². The maximum absolute atomic E-state index is 13.1. The Labute approximate surface area is 235 Å². The van der Waals surface area contributed by atoms with Gasteiger partial charge in [0.1, 0.15) is 17.1 Å². The molecule has 0 bridgehead atoms. The number of methoxy groups -OCH3 is 4. The number of rotatable bonds is 11. The maximum Gasteiger partial charge on any atom is 0.259 e. The SMILES string of the molecule is COc1ccc(CCNC(=O)c2ccccc2N2CCC(NC(=O)c3c(OC)cccc3OC)CC2)cc1OC. The second kappa shape index (κ2) is 13.6. The molecule has 2 amide bonds. The predicted molar refractivity (Wildman–Crippen MR) is 154 cm³/mol. The summed E-state index contributed by atoms with van der Waals surface area (Å²) in [5.74, 6) is 1.95. The van der Waals surface area contributed by atoms with Crippen molar-refractivity contribution < 1.29 is 28.5 Å². The van der Waals surface area contributed by atoms with Crippen LogP contribution in [0.3, 0.4) is 0 Å². The highest BCUT2D eigenvalue weighted by molar-refractivity contribution is 6.00. The van der Waals surface area contributed by atoms with Gasteiger partial charge in [-0.2, -0.15) is 0 Å². The van der Waals surface area contributed by atoms with Crippen LogP contribution in [0.2, 0.25) is 0 Å². The Morgan fingerprint density at radius 1 is 0.775 bits per heavy atom. The molecular formula is C31H37N3O6. The first-order chi connectivity index (χ1) is 19.5. The molecular weight excluding hydrogens is 510 g/mol. The summed E-state index contributed by atoms with van der Waals surface area (Å²) >= 11 is 0. The molecule has 1 saturated heterocycles. The second-order valence-electron chi connectivity index (χ2n) is 9.48. The van der Waals surface area contributed by atoms with E-state index in [0.717, 1.165) is 24.1 Å². The fourth-order valence-electron chi connectivity index (χ4n) is 4.99. The first-order valence-electron chi connectivity index (χ1n) is 13.3. The van der Waals surface area contributed by atoms with E-state index in [2.05, 4.69) is 15.5 Å². The number of hydrogen-bond acceptors (Lipinski definition) is 7. The zero-order chi connectivity index (χ0) is 28.5. The number of hydrogen-bond donors (Lipinski definition) is 2. The molecule has 3 aromatic carbocycles. The first-order valence-corrected chi connectivity index (χ1v) is 13.3. The quantitative estimate of drug-likeness (QED) is 0.373. The van der Waals surface area contributed by atoms with Crippen molar-refractivity contribution in [2.24, 2.45) is 0 Å². The molecule has 2 N–H and O–H groups in total. The topological polar surface area (TPSA) is 98.4 Å². The molecule has 0 atom stereocenters. The van der Waals surface area contributed by atoms with Crippen LogP contribution in [0.15, 0.2) is 60.7 Å². The second-order valence-corrected chi connectivity index (χ2v) is 9.48. The Morgan fingerprint density at radius 2 is 1.43 bits per heavy atom. The van der Waals surface area contributed by atoms with Crippen LogP contribution >= 0.6 is 0 Å². The first kappa shape index (κ1) is 28.6. The van der Waals surface area contributed by atoms with Gasteiger partial charge in [0.15, 0.2) is 11.5 Å². The number of para-hydroxylation sites is 1. The van der Waals surface area contributed by atoms with Crippen molar-refractivity contribution in [1.29, 1.82) is 0 Å². The molecule has 0 aliphatic carbocycles. The molecule has 0 aromatic heterocycles. The zero-order valence-corrected chi connectivity index (χ0v) is 23.5. The lowest BCUT2D eigenvalue weighted by Crippen LogP contribution is -2.45. The summed E-state index contributed by atoms with van der Waals surface area (Å²) in [5, 5.41) is 6.18. The average Bonchev–Trinajstić information content (AvgIpc) is 3.00. The summed E-state index contributed by atoms with van der Waals surface area (Å²) < 4.78 is 21.4. The summed E-state index contributed by atoms with van der Waals surface area (Å²) in [7, 11) is 6.28. The van der Waals surface area contributed by atoms with Gasteiger partial charge in [0, 0.05) is 31.4 Å². The van der Waals surface area contributed by atoms with Crippen LogP contribution in [0.5, 0.6) is 23.0 Å². The van der Waals surface area contributed by atoms with Crippen LogP contribution in [0.4, 0.5) is 5.69 Å². The highest BCUT2D eigenvalue weighted by Gasteiger charge is 2.26. The van der Waals surface area contributed by atoms with Gasteiger partial charge >= 0.3 is 0 Å². The molecule has 212 valence electrons. The molecule has 0 saturated carbocycles. The largest absolute Gasteiger partial charge is 0.496 e. The predicted octanol–water partition coefficient (Wildman–Crippen LogP) is 4.09. The molecule has 1 aliphatic rings. The number of carbonyl (C=O) groups is 2. The fraction of sp³-hybridized carbons (Fsp3) is 0.355. The molecule has 3 aromatic rings. The van der Waals surface area contributed by atoms with E-state index < -0.39 is 0 Å². The molecule has 40 heavy (non-hydrogen) atoms. The summed E-state index contributed by atoms with van der Waals surface area (Å²) in [4.78, 5) is 28.4. The van der Waals surface area contributed by atoms with Crippen molar-refractivity contribution in [3.05, 3.63) is 77.4 Å². The standard InChI is InChI=1S/C31H37N3O6/c1-37-25-13-12-21(20-28(25)40-4)14-17-32-30(35)23-8-5-6-9-24(23)34-18-15-22(16-19-34)33-31(36)29-26(38-2)10-7-11-27(29)39-3/h5-13,20,22H,14-19H2,1-4H3,(H,32,35)(H,33,36). The highest BCUT2D eigenvalue weighted by atomic mass is 16.5. The van der Waals surface area contributed by atoms with Crippen molar-refractivity contribution in [2.75, 3.05) is 53.0 Å². The summed E-state index contributed by atoms with van der Waals surface area (Å²) in [6, 6.07) is 18.7. The van der Waals surface area contributed by atoms with Gasteiger partial charge in [0.05, 0.1) is 34.0 Å². The lowest BCUT2D eigenvalue weighted by molar-refractivity contribution is 0.0923. The number of nitrogens with one attached hydrogen (secondary N) is 2. The number of carbonyl (C=O) groups excluding carboxylic acids is 2. The minimum absolute atomic E-state index is 0.000783. The Bertz CT molecular complexity index is 1300. The normalized spacial score (nSPS) is 13.3. The Morgan fingerprint density at radius 3 is 2.08 bits per heavy atom. The molecule has 1 heterocycles. The third-order valence-electron chi connectivity index (χ3n) is 7.12. The molecule has 0 unspecified atom stereocenters. The Balaban J connectivity index is 1.34. The van der Waals surface area contributed by atoms with Gasteiger partial charge in [-0.1, -0.05) is 24.3 Å². The maximum atomic E-state index is 13.1. The molecule has 0 radical (unpaired) electrons. The molecule has 1 aliphatic heterocycles. The molecule has 9 heteroatoms. The zero-order valence-electron chi connectivity index (χ0n) is 23.5. The molecule has 9 nitrogen and oxygen atoms in total. The fourth-order valence-corrected chi connectivity index (χ4v) is 4.99. The smallest absolute Gasteiger partial charge is 0.259 e. The Hall–Kier alpha value is -4.40. The molecule has 4 rings (SSSR count). The number of amides is 2. The van der Waals surface area contributed by atoms with E-state index in [0.29, 0.717) is 60.2 Å². The van der Waals surface area contributed by atoms with Gasteiger partial charge in [-0.25, -0.2) is 0 Å². The summed E-state index contributed by atoms with van der Waals surface area (Å²) in [6.07, 6.45) is 2.16. The van der Waals surface area contributed by atoms with Gasteiger partial charge in [-0.15, -0.1) is 0 Å². The van der Waals surface area contributed by atoms with E-state index in [1.54, 1.807) is 32.4 Å². The minimum Gasteiger partial charge on any atom is -0.496 e. The van der Waals surface area contributed by atoms with Crippen molar-refractivity contribution in [3.63, 3.8) is 0 Å². The van der Waals surface area contributed by atoms with Crippen LogP contribution in [-0.2, 0) is 6.42 Å².